The lowest BCUT2D eigenvalue weighted by Crippen LogP contribution is -2.25. The zero-order chi connectivity index (χ0) is 22.5. The Labute approximate surface area is 189 Å². The van der Waals surface area contributed by atoms with E-state index in [0.717, 1.165) is 16.1 Å². The van der Waals surface area contributed by atoms with E-state index in [1.165, 1.54) is 23.1 Å². The second kappa shape index (κ2) is 10.1. The highest BCUT2D eigenvalue weighted by Crippen LogP contribution is 2.25. The zero-order valence-corrected chi connectivity index (χ0v) is 19.9. The minimum absolute atomic E-state index is 0.140. The summed E-state index contributed by atoms with van der Waals surface area (Å²) in [6.07, 6.45) is 0. The molecule has 31 heavy (non-hydrogen) atoms. The maximum absolute atomic E-state index is 12.6. The molecule has 3 rings (SSSR count). The third-order valence-electron chi connectivity index (χ3n) is 4.71. The van der Waals surface area contributed by atoms with E-state index in [1.54, 1.807) is 6.07 Å². The second-order valence-electron chi connectivity index (χ2n) is 7.11. The van der Waals surface area contributed by atoms with Gasteiger partial charge >= 0.3 is 0 Å². The minimum atomic E-state index is -0.381. The fourth-order valence-corrected chi connectivity index (χ4v) is 4.60. The van der Waals surface area contributed by atoms with E-state index in [0.29, 0.717) is 28.2 Å². The van der Waals surface area contributed by atoms with Crippen LogP contribution in [0, 0.1) is 20.8 Å². The maximum Gasteiger partial charge on any atom is 0.251 e. The number of carbonyl (C=O) groups excluding carboxylic acids is 2. The van der Waals surface area contributed by atoms with E-state index in [9.17, 15) is 9.59 Å². The Morgan fingerprint density at radius 1 is 1.23 bits per heavy atom. The van der Waals surface area contributed by atoms with Crippen LogP contribution in [0.25, 0.3) is 0 Å². The molecule has 0 aliphatic heterocycles. The molecule has 3 aromatic rings. The smallest absolute Gasteiger partial charge is 0.251 e. The third kappa shape index (κ3) is 5.71. The van der Waals surface area contributed by atoms with E-state index >= 15 is 0 Å². The number of anilines is 1. The summed E-state index contributed by atoms with van der Waals surface area (Å²) in [6.45, 7) is 10.5. The van der Waals surface area contributed by atoms with Gasteiger partial charge in [0.15, 0.2) is 16.1 Å². The second-order valence-corrected chi connectivity index (χ2v) is 9.62. The number of benzene rings is 1. The lowest BCUT2D eigenvalue weighted by molar-refractivity contribution is -0.115. The van der Waals surface area contributed by atoms with Crippen LogP contribution >= 0.6 is 23.1 Å². The van der Waals surface area contributed by atoms with Gasteiger partial charge in [0.25, 0.3) is 5.91 Å². The molecule has 0 radical (unpaired) electrons. The minimum Gasteiger partial charge on any atom is -0.345 e. The highest BCUT2D eigenvalue weighted by molar-refractivity contribution is 8.00. The van der Waals surface area contributed by atoms with Crippen LogP contribution in [0.4, 0.5) is 5.13 Å². The fourth-order valence-electron chi connectivity index (χ4n) is 2.85. The molecule has 0 fully saturated rings. The maximum atomic E-state index is 12.6. The number of carbonyl (C=O) groups is 2. The zero-order valence-electron chi connectivity index (χ0n) is 18.2. The van der Waals surface area contributed by atoms with Crippen LogP contribution in [0.15, 0.2) is 29.4 Å². The first kappa shape index (κ1) is 23.0. The molecule has 0 saturated carbocycles. The average Bonchev–Trinajstić information content (AvgIpc) is 3.27. The van der Waals surface area contributed by atoms with Gasteiger partial charge in [-0.3, -0.25) is 9.59 Å². The van der Waals surface area contributed by atoms with Gasteiger partial charge in [-0.2, -0.15) is 0 Å². The van der Waals surface area contributed by atoms with Crippen molar-refractivity contribution in [1.82, 2.24) is 25.1 Å². The van der Waals surface area contributed by atoms with Crippen LogP contribution in [0.2, 0.25) is 0 Å². The summed E-state index contributed by atoms with van der Waals surface area (Å²) in [5.74, 6) is 0.342. The Morgan fingerprint density at radius 2 is 2.00 bits per heavy atom. The fraction of sp³-hybridized carbons (Fsp3) is 0.381. The number of aryl methyl sites for hydroxylation is 3. The number of thioether (sulfide) groups is 1. The van der Waals surface area contributed by atoms with Gasteiger partial charge in [-0.1, -0.05) is 29.5 Å². The lowest BCUT2D eigenvalue weighted by Gasteiger charge is -2.12. The number of hydrogen-bond donors (Lipinski definition) is 2. The van der Waals surface area contributed by atoms with Gasteiger partial charge in [0.1, 0.15) is 0 Å². The van der Waals surface area contributed by atoms with E-state index in [1.807, 2.05) is 57.4 Å². The van der Waals surface area contributed by atoms with E-state index in [-0.39, 0.29) is 23.6 Å². The molecule has 1 atom stereocenters. The molecule has 0 spiro atoms. The van der Waals surface area contributed by atoms with Crippen LogP contribution < -0.4 is 10.6 Å². The SMILES string of the molecule is CCn1c(CNC(=O)c2cccc(C)c2)nnc1S[C@H](C)C(=O)Nc1nc(C)c(C)s1. The molecule has 0 aliphatic carbocycles. The number of rotatable bonds is 8. The standard InChI is InChI=1S/C21H26N6O2S2/c1-6-27-17(11-22-19(29)16-9-7-8-12(2)10-16)25-26-21(27)31-15(5)18(28)24-20-23-13(3)14(4)30-20/h7-10,15H,6,11H2,1-5H3,(H,22,29)(H,23,24,28)/t15-/m1/s1. The van der Waals surface area contributed by atoms with Gasteiger partial charge in [0.05, 0.1) is 17.5 Å². The van der Waals surface area contributed by atoms with Crippen molar-refractivity contribution >= 4 is 40.0 Å². The first-order chi connectivity index (χ1) is 14.8. The predicted molar refractivity (Wildman–Crippen MR) is 124 cm³/mol. The molecule has 8 nitrogen and oxygen atoms in total. The Bertz CT molecular complexity index is 1070. The molecule has 0 aliphatic rings. The molecule has 10 heteroatoms. The van der Waals surface area contributed by atoms with Gasteiger partial charge in [0, 0.05) is 17.0 Å². The Kier molecular flexibility index (Phi) is 7.45. The summed E-state index contributed by atoms with van der Waals surface area (Å²) < 4.78 is 1.91. The molecule has 2 aromatic heterocycles. The summed E-state index contributed by atoms with van der Waals surface area (Å²) in [7, 11) is 0. The molecule has 164 valence electrons. The summed E-state index contributed by atoms with van der Waals surface area (Å²) in [5.41, 5.74) is 2.55. The number of amides is 2. The van der Waals surface area contributed by atoms with Crippen molar-refractivity contribution in [2.45, 2.75) is 58.1 Å². The van der Waals surface area contributed by atoms with Crippen molar-refractivity contribution in [1.29, 1.82) is 0 Å². The summed E-state index contributed by atoms with van der Waals surface area (Å²) in [5, 5.41) is 15.1. The van der Waals surface area contributed by atoms with Crippen molar-refractivity contribution in [3.8, 4) is 0 Å². The van der Waals surface area contributed by atoms with Crippen molar-refractivity contribution in [3.63, 3.8) is 0 Å². The predicted octanol–water partition coefficient (Wildman–Crippen LogP) is 3.73. The van der Waals surface area contributed by atoms with Crippen LogP contribution in [-0.4, -0.2) is 36.8 Å². The van der Waals surface area contributed by atoms with Gasteiger partial charge in [0.2, 0.25) is 5.91 Å². The third-order valence-corrected chi connectivity index (χ3v) is 6.78. The van der Waals surface area contributed by atoms with Gasteiger partial charge < -0.3 is 15.2 Å². The molecular weight excluding hydrogens is 432 g/mol. The molecular formula is C21H26N6O2S2. The average molecular weight is 459 g/mol. The molecule has 2 N–H and O–H groups in total. The van der Waals surface area contributed by atoms with Crippen LogP contribution in [0.1, 0.15) is 46.2 Å². The monoisotopic (exact) mass is 458 g/mol. The van der Waals surface area contributed by atoms with Crippen molar-refractivity contribution in [2.75, 3.05) is 5.32 Å². The summed E-state index contributed by atoms with van der Waals surface area (Å²) in [4.78, 5) is 30.4. The van der Waals surface area contributed by atoms with Crippen molar-refractivity contribution < 1.29 is 9.59 Å². The van der Waals surface area contributed by atoms with Crippen molar-refractivity contribution in [3.05, 3.63) is 51.8 Å². The van der Waals surface area contributed by atoms with E-state index < -0.39 is 0 Å². The van der Waals surface area contributed by atoms with Gasteiger partial charge in [-0.05, 0) is 46.8 Å². The number of thiazole rings is 1. The van der Waals surface area contributed by atoms with E-state index in [4.69, 9.17) is 0 Å². The first-order valence-corrected chi connectivity index (χ1v) is 11.7. The number of nitrogens with zero attached hydrogens (tertiary/aromatic N) is 4. The van der Waals surface area contributed by atoms with Gasteiger partial charge in [-0.15, -0.1) is 21.5 Å². The molecule has 1 aromatic carbocycles. The normalized spacial score (nSPS) is 11.9. The molecule has 0 saturated heterocycles. The summed E-state index contributed by atoms with van der Waals surface area (Å²) >= 11 is 2.79. The van der Waals surface area contributed by atoms with E-state index in [2.05, 4.69) is 25.8 Å². The Hall–Kier alpha value is -2.72. The number of aromatic nitrogens is 4. The largest absolute Gasteiger partial charge is 0.345 e. The number of hydrogen-bond acceptors (Lipinski definition) is 7. The topological polar surface area (TPSA) is 102 Å². The molecule has 0 unspecified atom stereocenters. The van der Waals surface area contributed by atoms with Crippen LogP contribution in [-0.2, 0) is 17.9 Å². The molecule has 2 amide bonds. The quantitative estimate of drug-likeness (QED) is 0.499. The first-order valence-electron chi connectivity index (χ1n) is 9.97. The van der Waals surface area contributed by atoms with Crippen LogP contribution in [0.3, 0.4) is 0 Å². The van der Waals surface area contributed by atoms with Crippen LogP contribution in [0.5, 0.6) is 0 Å². The summed E-state index contributed by atoms with van der Waals surface area (Å²) in [6, 6.07) is 7.42. The van der Waals surface area contributed by atoms with Gasteiger partial charge in [-0.25, -0.2) is 4.98 Å². The molecule has 0 bridgehead atoms. The Morgan fingerprint density at radius 3 is 2.65 bits per heavy atom. The van der Waals surface area contributed by atoms with Crippen molar-refractivity contribution in [2.24, 2.45) is 0 Å². The Balaban J connectivity index is 1.62. The highest BCUT2D eigenvalue weighted by Gasteiger charge is 2.21. The lowest BCUT2D eigenvalue weighted by atomic mass is 10.1. The molecule has 2 heterocycles. The number of nitrogens with one attached hydrogen (secondary N) is 2. The highest BCUT2D eigenvalue weighted by atomic mass is 32.2.